The van der Waals surface area contributed by atoms with Crippen LogP contribution < -0.4 is 5.32 Å². The number of fused-ring (bicyclic) bond motifs is 1. The molecule has 2 N–H and O–H groups in total. The van der Waals surface area contributed by atoms with Gasteiger partial charge in [-0.3, -0.25) is 0 Å². The van der Waals surface area contributed by atoms with Crippen LogP contribution in [0.5, 0.6) is 0 Å². The second-order valence-corrected chi connectivity index (χ2v) is 9.80. The molecule has 1 aromatic heterocycles. The van der Waals surface area contributed by atoms with Crippen LogP contribution in [-0.2, 0) is 16.4 Å². The fraction of sp³-hybridized carbons (Fsp3) is 0.500. The van der Waals surface area contributed by atoms with E-state index < -0.39 is 14.6 Å². The number of para-hydroxylation sites is 1. The Morgan fingerprint density at radius 2 is 2.12 bits per heavy atom. The van der Waals surface area contributed by atoms with E-state index in [1.807, 2.05) is 30.0 Å². The monoisotopic (exact) mass is 362 g/mol. The Bertz CT molecular complexity index is 850. The molecule has 1 saturated heterocycles. The van der Waals surface area contributed by atoms with Gasteiger partial charge in [-0.2, -0.15) is 0 Å². The number of nitrogens with zero attached hydrogens (tertiary/aromatic N) is 2. The first-order valence-corrected chi connectivity index (χ1v) is 10.3. The zero-order chi connectivity index (χ0) is 18.1. The first-order valence-electron chi connectivity index (χ1n) is 8.64. The van der Waals surface area contributed by atoms with Crippen molar-refractivity contribution >= 4 is 26.7 Å². The van der Waals surface area contributed by atoms with Crippen molar-refractivity contribution in [3.8, 4) is 0 Å². The molecule has 0 radical (unpaired) electrons. The van der Waals surface area contributed by atoms with E-state index in [4.69, 9.17) is 4.99 Å². The Morgan fingerprint density at radius 1 is 1.36 bits per heavy atom. The van der Waals surface area contributed by atoms with Gasteiger partial charge < -0.3 is 15.2 Å². The molecular formula is C18H26N4O2S. The van der Waals surface area contributed by atoms with Crippen LogP contribution in [0, 0.1) is 0 Å². The van der Waals surface area contributed by atoms with E-state index in [0.717, 1.165) is 23.7 Å². The summed E-state index contributed by atoms with van der Waals surface area (Å²) in [4.78, 5) is 10.1. The van der Waals surface area contributed by atoms with Crippen LogP contribution >= 0.6 is 0 Å². The largest absolute Gasteiger partial charge is 0.357 e. The number of hydrogen-bond acceptors (Lipinski definition) is 3. The minimum absolute atomic E-state index is 0.163. The highest BCUT2D eigenvalue weighted by Gasteiger charge is 2.40. The molecule has 3 rings (SSSR count). The molecular weight excluding hydrogens is 336 g/mol. The van der Waals surface area contributed by atoms with Crippen molar-refractivity contribution in [2.45, 2.75) is 32.1 Å². The van der Waals surface area contributed by atoms with Crippen molar-refractivity contribution in [1.82, 2.24) is 15.2 Å². The van der Waals surface area contributed by atoms with Crippen molar-refractivity contribution in [2.24, 2.45) is 4.99 Å². The summed E-state index contributed by atoms with van der Waals surface area (Å²) in [5.74, 6) is 0.931. The Kier molecular flexibility index (Phi) is 4.77. The number of benzene rings is 1. The smallest absolute Gasteiger partial charge is 0.194 e. The third kappa shape index (κ3) is 3.66. The number of aromatic amines is 1. The molecule has 6 nitrogen and oxygen atoms in total. The lowest BCUT2D eigenvalue weighted by Crippen LogP contribution is -2.57. The minimum Gasteiger partial charge on any atom is -0.357 e. The van der Waals surface area contributed by atoms with E-state index in [9.17, 15) is 8.42 Å². The summed E-state index contributed by atoms with van der Waals surface area (Å²) in [5.41, 5.74) is 2.14. The normalized spacial score (nSPS) is 20.0. The summed E-state index contributed by atoms with van der Waals surface area (Å²) in [7, 11) is -3.06. The first-order chi connectivity index (χ1) is 11.8. The van der Waals surface area contributed by atoms with Crippen molar-refractivity contribution in [1.29, 1.82) is 0 Å². The molecule has 0 unspecified atom stereocenters. The predicted molar refractivity (Wildman–Crippen MR) is 103 cm³/mol. The Balaban J connectivity index is 1.79. The van der Waals surface area contributed by atoms with Crippen molar-refractivity contribution < 1.29 is 8.42 Å². The zero-order valence-electron chi connectivity index (χ0n) is 15.0. The highest BCUT2D eigenvalue weighted by atomic mass is 32.2. The molecule has 0 aliphatic carbocycles. The van der Waals surface area contributed by atoms with Crippen LogP contribution in [0.4, 0.5) is 0 Å². The van der Waals surface area contributed by atoms with Crippen molar-refractivity contribution in [3.63, 3.8) is 0 Å². The Hall–Kier alpha value is -2.02. The fourth-order valence-electron chi connectivity index (χ4n) is 3.13. The van der Waals surface area contributed by atoms with E-state index in [1.165, 1.54) is 5.39 Å². The third-order valence-corrected chi connectivity index (χ3v) is 7.20. The van der Waals surface area contributed by atoms with Gasteiger partial charge in [-0.05, 0) is 38.3 Å². The van der Waals surface area contributed by atoms with Gasteiger partial charge in [-0.25, -0.2) is 13.4 Å². The van der Waals surface area contributed by atoms with Gasteiger partial charge in [-0.1, -0.05) is 18.2 Å². The van der Waals surface area contributed by atoms with Crippen LogP contribution in [0.2, 0.25) is 0 Å². The van der Waals surface area contributed by atoms with Crippen LogP contribution in [0.3, 0.4) is 0 Å². The molecule has 0 saturated carbocycles. The van der Waals surface area contributed by atoms with Gasteiger partial charge >= 0.3 is 0 Å². The molecule has 1 fully saturated rings. The number of nitrogens with one attached hydrogen (secondary N) is 2. The minimum atomic E-state index is -3.06. The molecule has 1 aliphatic rings. The average Bonchev–Trinajstić information content (AvgIpc) is 2.97. The molecule has 1 aromatic carbocycles. The van der Waals surface area contributed by atoms with E-state index in [2.05, 4.69) is 22.4 Å². The number of guanidine groups is 1. The molecule has 0 spiro atoms. The second kappa shape index (κ2) is 6.71. The van der Waals surface area contributed by atoms with Gasteiger partial charge in [0.15, 0.2) is 15.8 Å². The van der Waals surface area contributed by atoms with E-state index in [1.54, 1.807) is 13.8 Å². The summed E-state index contributed by atoms with van der Waals surface area (Å²) in [6.45, 7) is 7.80. The Labute approximate surface area is 149 Å². The number of sulfone groups is 1. The predicted octanol–water partition coefficient (Wildman–Crippen LogP) is 2.14. The third-order valence-electron chi connectivity index (χ3n) is 4.66. The molecule has 0 amide bonds. The summed E-state index contributed by atoms with van der Waals surface area (Å²) in [6, 6.07) is 10.2. The first kappa shape index (κ1) is 17.8. The van der Waals surface area contributed by atoms with E-state index in [0.29, 0.717) is 19.6 Å². The van der Waals surface area contributed by atoms with Crippen LogP contribution in [-0.4, -0.2) is 54.4 Å². The number of hydrogen-bond donors (Lipinski definition) is 2. The molecule has 1 aliphatic heterocycles. The lowest BCUT2D eigenvalue weighted by atomic mass is 10.2. The van der Waals surface area contributed by atoms with Gasteiger partial charge in [-0.15, -0.1) is 0 Å². The topological polar surface area (TPSA) is 77.6 Å². The van der Waals surface area contributed by atoms with Crippen LogP contribution in [0.1, 0.15) is 26.5 Å². The fourth-order valence-corrected chi connectivity index (χ4v) is 4.49. The molecule has 0 atom stereocenters. The number of rotatable bonds is 3. The molecule has 136 valence electrons. The van der Waals surface area contributed by atoms with Crippen LogP contribution in [0.25, 0.3) is 10.9 Å². The van der Waals surface area contributed by atoms with Gasteiger partial charge in [0.25, 0.3) is 0 Å². The summed E-state index contributed by atoms with van der Waals surface area (Å²) < 4.78 is 23.7. The lowest BCUT2D eigenvalue weighted by Gasteiger charge is -2.39. The van der Waals surface area contributed by atoms with Crippen molar-refractivity contribution in [2.75, 3.05) is 25.4 Å². The lowest BCUT2D eigenvalue weighted by molar-refractivity contribution is 0.353. The molecule has 25 heavy (non-hydrogen) atoms. The summed E-state index contributed by atoms with van der Waals surface area (Å²) in [6.07, 6.45) is 0. The SMILES string of the molecule is CCNC(=NCc1cc2ccccc2[nH]1)N1CCS(=O)(=O)C(C)(C)C1. The maximum atomic E-state index is 12.2. The number of aliphatic imine (C=N–C) groups is 1. The quantitative estimate of drug-likeness (QED) is 0.648. The highest BCUT2D eigenvalue weighted by Crippen LogP contribution is 2.24. The average molecular weight is 362 g/mol. The molecule has 2 heterocycles. The molecule has 2 aromatic rings. The van der Waals surface area contributed by atoms with Gasteiger partial charge in [0.05, 0.1) is 17.0 Å². The van der Waals surface area contributed by atoms with E-state index in [-0.39, 0.29) is 5.75 Å². The number of H-pyrrole nitrogens is 1. The standard InChI is InChI=1S/C18H26N4O2S/c1-4-19-17(22-9-10-25(23,24)18(2,3)13-22)20-12-15-11-14-7-5-6-8-16(14)21-15/h5-8,11,21H,4,9-10,12-13H2,1-3H3,(H,19,20). The second-order valence-electron chi connectivity index (χ2n) is 7.05. The van der Waals surface area contributed by atoms with Crippen LogP contribution in [0.15, 0.2) is 35.3 Å². The van der Waals surface area contributed by atoms with E-state index >= 15 is 0 Å². The molecule has 0 bridgehead atoms. The summed E-state index contributed by atoms with van der Waals surface area (Å²) in [5, 5.41) is 4.46. The molecule has 7 heteroatoms. The van der Waals surface area contributed by atoms with Crippen molar-refractivity contribution in [3.05, 3.63) is 36.0 Å². The highest BCUT2D eigenvalue weighted by molar-refractivity contribution is 7.92. The summed E-state index contributed by atoms with van der Waals surface area (Å²) >= 11 is 0. The van der Waals surface area contributed by atoms with Gasteiger partial charge in [0.2, 0.25) is 0 Å². The zero-order valence-corrected chi connectivity index (χ0v) is 15.9. The van der Waals surface area contributed by atoms with Gasteiger partial charge in [0, 0.05) is 30.8 Å². The maximum absolute atomic E-state index is 12.2. The maximum Gasteiger partial charge on any atom is 0.194 e. The Morgan fingerprint density at radius 3 is 2.80 bits per heavy atom. The van der Waals surface area contributed by atoms with Gasteiger partial charge in [0.1, 0.15) is 0 Å². The number of aromatic nitrogens is 1.